The minimum absolute atomic E-state index is 0.0113. The van der Waals surface area contributed by atoms with Crippen LogP contribution in [0, 0.1) is 18.6 Å². The van der Waals surface area contributed by atoms with Gasteiger partial charge in [-0.2, -0.15) is 4.98 Å². The quantitative estimate of drug-likeness (QED) is 0.189. The summed E-state index contributed by atoms with van der Waals surface area (Å²) in [4.78, 5) is 58.3. The average molecular weight is 670 g/mol. The standard InChI is InChI=1S/C31H28Cl2F2N8O3/c1-6-18(44)41-9-10-42-17(12-41)30(45)40(5)27-20-28(42)39-31(46)43(26-14(4)7-8-37-24(26)13(2)3)29(20)38-25(22(27)35)19-21(34)15(32)11-16(33)23(19)36/h6-8,11,13,17H,1,9-10,12,36H2,2-5H3. The number of aromatic nitrogens is 4. The average Bonchev–Trinajstić information content (AvgIpc) is 3.11. The maximum atomic E-state index is 17.0. The van der Waals surface area contributed by atoms with Crippen molar-refractivity contribution in [2.24, 2.45) is 0 Å². The Balaban J connectivity index is 1.80. The second-order valence-electron chi connectivity index (χ2n) is 11.4. The molecule has 11 nitrogen and oxygen atoms in total. The maximum Gasteiger partial charge on any atom is 0.355 e. The predicted octanol–water partition coefficient (Wildman–Crippen LogP) is 4.62. The van der Waals surface area contributed by atoms with Crippen LogP contribution in [0.4, 0.5) is 26.0 Å². The molecule has 0 aliphatic carbocycles. The zero-order chi connectivity index (χ0) is 33.4. The van der Waals surface area contributed by atoms with Crippen molar-refractivity contribution in [3.63, 3.8) is 0 Å². The third-order valence-corrected chi connectivity index (χ3v) is 8.97. The number of hydrogen-bond acceptors (Lipinski definition) is 8. The van der Waals surface area contributed by atoms with E-state index in [1.165, 1.54) is 16.5 Å². The van der Waals surface area contributed by atoms with E-state index in [1.54, 1.807) is 24.1 Å². The number of piperazine rings is 1. The lowest BCUT2D eigenvalue weighted by Crippen LogP contribution is -2.60. The lowest BCUT2D eigenvalue weighted by Gasteiger charge is -2.40. The number of hydrogen-bond donors (Lipinski definition) is 1. The summed E-state index contributed by atoms with van der Waals surface area (Å²) in [6, 6.07) is 1.74. The number of carbonyl (C=O) groups is 2. The van der Waals surface area contributed by atoms with Gasteiger partial charge in [0.1, 0.15) is 17.6 Å². The molecule has 3 aromatic heterocycles. The van der Waals surface area contributed by atoms with Crippen molar-refractivity contribution < 1.29 is 18.4 Å². The first-order valence-electron chi connectivity index (χ1n) is 14.3. The van der Waals surface area contributed by atoms with Crippen LogP contribution in [0.25, 0.3) is 28.0 Å². The van der Waals surface area contributed by atoms with Crippen LogP contribution < -0.4 is 21.2 Å². The van der Waals surface area contributed by atoms with E-state index in [4.69, 9.17) is 28.9 Å². The third kappa shape index (κ3) is 4.59. The molecule has 1 aromatic carbocycles. The number of aryl methyl sites for hydroxylation is 1. The fourth-order valence-electron chi connectivity index (χ4n) is 6.12. The lowest BCUT2D eigenvalue weighted by atomic mass is 10.0. The van der Waals surface area contributed by atoms with Gasteiger partial charge >= 0.3 is 5.69 Å². The molecular formula is C31H28Cl2F2N8O3. The van der Waals surface area contributed by atoms with E-state index >= 15 is 8.78 Å². The molecule has 2 amide bonds. The molecule has 0 bridgehead atoms. The van der Waals surface area contributed by atoms with E-state index in [0.717, 1.165) is 17.0 Å². The largest absolute Gasteiger partial charge is 0.397 e. The normalized spacial score (nSPS) is 16.2. The first-order valence-corrected chi connectivity index (χ1v) is 15.0. The Morgan fingerprint density at radius 1 is 1.13 bits per heavy atom. The van der Waals surface area contributed by atoms with Gasteiger partial charge in [-0.1, -0.05) is 43.6 Å². The first kappa shape index (κ1) is 31.4. The molecule has 0 saturated carbocycles. The van der Waals surface area contributed by atoms with Gasteiger partial charge in [0.25, 0.3) is 5.91 Å². The summed E-state index contributed by atoms with van der Waals surface area (Å²) in [5, 5.41) is -0.569. The van der Waals surface area contributed by atoms with Crippen LogP contribution >= 0.6 is 23.2 Å². The van der Waals surface area contributed by atoms with Crippen molar-refractivity contribution in [2.75, 3.05) is 42.2 Å². The van der Waals surface area contributed by atoms with E-state index in [1.807, 2.05) is 13.8 Å². The van der Waals surface area contributed by atoms with Gasteiger partial charge in [0.15, 0.2) is 17.3 Å². The first-order chi connectivity index (χ1) is 21.8. The lowest BCUT2D eigenvalue weighted by molar-refractivity contribution is -0.128. The van der Waals surface area contributed by atoms with Gasteiger partial charge in [-0.3, -0.25) is 14.6 Å². The number of nitrogens with two attached hydrogens (primary N) is 1. The van der Waals surface area contributed by atoms with Gasteiger partial charge in [-0.25, -0.2) is 23.1 Å². The Bertz CT molecular complexity index is 2040. The number of benzene rings is 1. The van der Waals surface area contributed by atoms with Crippen LogP contribution in [-0.4, -0.2) is 69.0 Å². The Hall–Kier alpha value is -4.62. The third-order valence-electron chi connectivity index (χ3n) is 8.38. The number of amides is 2. The summed E-state index contributed by atoms with van der Waals surface area (Å²) >= 11 is 12.4. The molecule has 2 aliphatic heterocycles. The molecular weight excluding hydrogens is 641 g/mol. The van der Waals surface area contributed by atoms with Crippen LogP contribution in [0.3, 0.4) is 0 Å². The molecule has 6 rings (SSSR count). The molecule has 1 saturated heterocycles. The number of likely N-dealkylation sites (N-methyl/N-ethyl adjacent to an activating group) is 1. The molecule has 15 heteroatoms. The summed E-state index contributed by atoms with van der Waals surface area (Å²) in [5.74, 6) is -3.39. The minimum atomic E-state index is -1.12. The Morgan fingerprint density at radius 3 is 2.52 bits per heavy atom. The van der Waals surface area contributed by atoms with Crippen molar-refractivity contribution in [1.29, 1.82) is 0 Å². The minimum Gasteiger partial charge on any atom is -0.397 e. The van der Waals surface area contributed by atoms with E-state index in [9.17, 15) is 14.4 Å². The number of rotatable bonds is 4. The van der Waals surface area contributed by atoms with E-state index in [0.29, 0.717) is 16.9 Å². The molecule has 1 atom stereocenters. The SMILES string of the molecule is C=CC(=O)N1CCN2c3nc(=O)n(-c4c(C)ccnc4C(C)C)c4nc(-c5c(N)c(Cl)cc(Cl)c5F)c(F)c(c34)N(C)C(=O)C2C1. The van der Waals surface area contributed by atoms with Gasteiger partial charge in [-0.05, 0) is 36.6 Å². The monoisotopic (exact) mass is 668 g/mol. The van der Waals surface area contributed by atoms with Gasteiger partial charge in [0.05, 0.1) is 50.3 Å². The van der Waals surface area contributed by atoms with E-state index < -0.39 is 51.5 Å². The van der Waals surface area contributed by atoms with Crippen LogP contribution in [0.5, 0.6) is 0 Å². The molecule has 1 unspecified atom stereocenters. The number of halogens is 4. The summed E-state index contributed by atoms with van der Waals surface area (Å²) < 4.78 is 33.9. The molecule has 238 valence electrons. The molecule has 4 aromatic rings. The van der Waals surface area contributed by atoms with Crippen molar-refractivity contribution in [2.45, 2.75) is 32.7 Å². The summed E-state index contributed by atoms with van der Waals surface area (Å²) in [7, 11) is 1.35. The predicted molar refractivity (Wildman–Crippen MR) is 173 cm³/mol. The van der Waals surface area contributed by atoms with Gasteiger partial charge < -0.3 is 20.4 Å². The molecule has 46 heavy (non-hydrogen) atoms. The van der Waals surface area contributed by atoms with E-state index in [-0.39, 0.29) is 58.8 Å². The summed E-state index contributed by atoms with van der Waals surface area (Å²) in [6.45, 7) is 9.27. The second-order valence-corrected chi connectivity index (χ2v) is 12.2. The molecule has 1 fully saturated rings. The van der Waals surface area contributed by atoms with E-state index in [2.05, 4.69) is 21.5 Å². The highest BCUT2D eigenvalue weighted by atomic mass is 35.5. The Morgan fingerprint density at radius 2 is 1.85 bits per heavy atom. The number of nitrogens with zero attached hydrogens (tertiary/aromatic N) is 7. The van der Waals surface area contributed by atoms with Gasteiger partial charge in [0.2, 0.25) is 5.91 Å². The van der Waals surface area contributed by atoms with Crippen LogP contribution in [-0.2, 0) is 9.59 Å². The topological polar surface area (TPSA) is 131 Å². The number of pyridine rings is 2. The number of fused-ring (bicyclic) bond motifs is 2. The smallest absolute Gasteiger partial charge is 0.355 e. The number of anilines is 3. The van der Waals surface area contributed by atoms with Gasteiger partial charge in [-0.15, -0.1) is 0 Å². The van der Waals surface area contributed by atoms with Crippen LogP contribution in [0.1, 0.15) is 31.0 Å². The van der Waals surface area contributed by atoms with Crippen molar-refractivity contribution in [1.82, 2.24) is 24.4 Å². The molecule has 5 heterocycles. The second kappa shape index (κ2) is 11.3. The zero-order valence-electron chi connectivity index (χ0n) is 25.2. The molecule has 0 radical (unpaired) electrons. The molecule has 0 spiro atoms. The number of nitrogen functional groups attached to an aromatic ring is 1. The summed E-state index contributed by atoms with van der Waals surface area (Å²) in [5.41, 5.74) is 4.95. The fourth-order valence-corrected chi connectivity index (χ4v) is 6.58. The van der Waals surface area contributed by atoms with Crippen molar-refractivity contribution in [3.8, 4) is 16.9 Å². The molecule has 2 N–H and O–H groups in total. The summed E-state index contributed by atoms with van der Waals surface area (Å²) in [6.07, 6.45) is 2.74. The highest BCUT2D eigenvalue weighted by Gasteiger charge is 2.43. The van der Waals surface area contributed by atoms with Crippen molar-refractivity contribution in [3.05, 3.63) is 74.4 Å². The highest BCUT2D eigenvalue weighted by Crippen LogP contribution is 2.45. The molecule has 2 aliphatic rings. The fraction of sp³-hybridized carbons (Fsp3) is 0.290. The Labute approximate surface area is 271 Å². The van der Waals surface area contributed by atoms with Gasteiger partial charge in [0, 0.05) is 26.3 Å². The van der Waals surface area contributed by atoms with Crippen molar-refractivity contribution >= 4 is 63.2 Å². The zero-order valence-corrected chi connectivity index (χ0v) is 26.7. The van der Waals surface area contributed by atoms with Crippen LogP contribution in [0.2, 0.25) is 10.0 Å². The Kier molecular flexibility index (Phi) is 7.72. The highest BCUT2D eigenvalue weighted by molar-refractivity contribution is 6.37. The van der Waals surface area contributed by atoms with Crippen LogP contribution in [0.15, 0.2) is 35.8 Å². The number of carbonyl (C=O) groups excluding carboxylic acids is 2. The maximum absolute atomic E-state index is 17.0.